The van der Waals surface area contributed by atoms with E-state index in [2.05, 4.69) is 29.1 Å². The molecule has 2 heterocycles. The zero-order chi connectivity index (χ0) is 19.3. The van der Waals surface area contributed by atoms with Gasteiger partial charge in [-0.25, -0.2) is 4.98 Å². The fourth-order valence-corrected chi connectivity index (χ4v) is 4.46. The molecule has 0 amide bonds. The lowest BCUT2D eigenvalue weighted by Crippen LogP contribution is -2.37. The number of fused-ring (bicyclic) bond motifs is 1. The van der Waals surface area contributed by atoms with Gasteiger partial charge < -0.3 is 10.3 Å². The van der Waals surface area contributed by atoms with Gasteiger partial charge in [0.05, 0.1) is 5.56 Å². The molecule has 1 unspecified atom stereocenters. The van der Waals surface area contributed by atoms with Crippen LogP contribution in [0.4, 0.5) is 5.82 Å². The van der Waals surface area contributed by atoms with E-state index >= 15 is 0 Å². The normalized spacial score (nSPS) is 20.7. The third-order valence-electron chi connectivity index (χ3n) is 5.30. The van der Waals surface area contributed by atoms with E-state index < -0.39 is 0 Å². The number of hydrogen-bond donors (Lipinski definition) is 2. The fraction of sp³-hybridized carbons (Fsp3) is 0.381. The van der Waals surface area contributed by atoms with E-state index in [0.29, 0.717) is 23.0 Å². The van der Waals surface area contributed by atoms with Crippen LogP contribution in [0.3, 0.4) is 0 Å². The molecule has 0 spiro atoms. The van der Waals surface area contributed by atoms with E-state index in [1.165, 1.54) is 11.8 Å². The topological polar surface area (TPSA) is 74.8 Å². The van der Waals surface area contributed by atoms with Crippen LogP contribution in [0.5, 0.6) is 0 Å². The molecule has 1 aromatic heterocycles. The lowest BCUT2D eigenvalue weighted by molar-refractivity contribution is -0.118. The number of ketones is 1. The summed E-state index contributed by atoms with van der Waals surface area (Å²) in [6, 6.07) is 8.06. The number of aromatic nitrogens is 2. The molecule has 2 aliphatic rings. The first kappa shape index (κ1) is 18.0. The lowest BCUT2D eigenvalue weighted by atomic mass is 9.69. The quantitative estimate of drug-likeness (QED) is 0.607. The first-order chi connectivity index (χ1) is 12.8. The summed E-state index contributed by atoms with van der Waals surface area (Å²) in [5.74, 6) is 0.295. The number of nitrogens with one attached hydrogen (secondary N) is 2. The highest BCUT2D eigenvalue weighted by atomic mass is 32.2. The second kappa shape index (κ2) is 6.37. The molecule has 1 aliphatic carbocycles. The van der Waals surface area contributed by atoms with Crippen LogP contribution in [0, 0.1) is 12.3 Å². The number of nitrogens with zero attached hydrogens (tertiary/aromatic N) is 1. The number of thioether (sulfide) groups is 1. The molecule has 0 radical (unpaired) electrons. The summed E-state index contributed by atoms with van der Waals surface area (Å²) in [7, 11) is 0. The van der Waals surface area contributed by atoms with Crippen molar-refractivity contribution in [2.24, 2.45) is 5.41 Å². The number of allylic oxidation sites excluding steroid dienone is 2. The van der Waals surface area contributed by atoms with Gasteiger partial charge in [0.2, 0.25) is 0 Å². The highest BCUT2D eigenvalue weighted by molar-refractivity contribution is 7.98. The average Bonchev–Trinajstić information content (AvgIpc) is 2.59. The van der Waals surface area contributed by atoms with Gasteiger partial charge in [0.15, 0.2) is 10.9 Å². The molecule has 5 nitrogen and oxygen atoms in total. The highest BCUT2D eigenvalue weighted by Gasteiger charge is 2.42. The first-order valence-corrected chi connectivity index (χ1v) is 10.3. The van der Waals surface area contributed by atoms with E-state index in [4.69, 9.17) is 0 Å². The van der Waals surface area contributed by atoms with Gasteiger partial charge in [0.1, 0.15) is 5.82 Å². The van der Waals surface area contributed by atoms with Crippen molar-refractivity contribution in [3.8, 4) is 0 Å². The maximum absolute atomic E-state index is 13.1. The minimum absolute atomic E-state index is 0.109. The zero-order valence-electron chi connectivity index (χ0n) is 16.0. The Kier molecular flexibility index (Phi) is 4.26. The minimum Gasteiger partial charge on any atom is -0.343 e. The SMILES string of the molecule is CSc1nc2c(c(=O)[nH]1)C(c1ccc(C)cc1)C1=C(CC(C)(C)CC1=O)N2. The summed E-state index contributed by atoms with van der Waals surface area (Å²) in [5, 5.41) is 3.89. The summed E-state index contributed by atoms with van der Waals surface area (Å²) in [4.78, 5) is 33.5. The number of aryl methyl sites for hydroxylation is 1. The number of benzene rings is 1. The largest absolute Gasteiger partial charge is 0.343 e. The third-order valence-corrected chi connectivity index (χ3v) is 5.88. The van der Waals surface area contributed by atoms with Crippen molar-refractivity contribution >= 4 is 23.4 Å². The van der Waals surface area contributed by atoms with Crippen LogP contribution in [0.1, 0.15) is 49.3 Å². The predicted octanol–water partition coefficient (Wildman–Crippen LogP) is 4.00. The summed E-state index contributed by atoms with van der Waals surface area (Å²) in [6.07, 6.45) is 3.13. The maximum atomic E-state index is 13.1. The van der Waals surface area contributed by atoms with Gasteiger partial charge in [0, 0.05) is 23.6 Å². The van der Waals surface area contributed by atoms with Crippen LogP contribution >= 0.6 is 11.8 Å². The number of H-pyrrole nitrogens is 1. The van der Waals surface area contributed by atoms with Crippen LogP contribution < -0.4 is 10.9 Å². The zero-order valence-corrected chi connectivity index (χ0v) is 16.8. The highest BCUT2D eigenvalue weighted by Crippen LogP contribution is 2.47. The first-order valence-electron chi connectivity index (χ1n) is 9.07. The van der Waals surface area contributed by atoms with Gasteiger partial charge in [-0.05, 0) is 30.6 Å². The Labute approximate surface area is 162 Å². The van der Waals surface area contributed by atoms with Gasteiger partial charge in [0.25, 0.3) is 5.56 Å². The van der Waals surface area contributed by atoms with E-state index in [1.807, 2.05) is 37.4 Å². The van der Waals surface area contributed by atoms with Crippen LogP contribution in [0.2, 0.25) is 0 Å². The number of aromatic amines is 1. The Morgan fingerprint density at radius 2 is 1.85 bits per heavy atom. The fourth-order valence-electron chi connectivity index (χ4n) is 4.08. The number of rotatable bonds is 2. The van der Waals surface area contributed by atoms with E-state index in [9.17, 15) is 9.59 Å². The minimum atomic E-state index is -0.382. The molecule has 0 fully saturated rings. The van der Waals surface area contributed by atoms with Crippen molar-refractivity contribution < 1.29 is 4.79 Å². The predicted molar refractivity (Wildman–Crippen MR) is 108 cm³/mol. The molecular weight excluding hydrogens is 358 g/mol. The Hall–Kier alpha value is -2.34. The molecule has 1 atom stereocenters. The second-order valence-electron chi connectivity index (χ2n) is 8.14. The third kappa shape index (κ3) is 3.12. The van der Waals surface area contributed by atoms with Crippen LogP contribution in [0.25, 0.3) is 0 Å². The number of Topliss-reactive ketones (excluding diaryl/α,β-unsaturated/α-hetero) is 1. The lowest BCUT2D eigenvalue weighted by Gasteiger charge is -2.38. The van der Waals surface area contributed by atoms with Crippen molar-refractivity contribution in [2.75, 3.05) is 11.6 Å². The Morgan fingerprint density at radius 3 is 2.52 bits per heavy atom. The van der Waals surface area contributed by atoms with Gasteiger partial charge in [-0.1, -0.05) is 55.4 Å². The van der Waals surface area contributed by atoms with Crippen LogP contribution in [0.15, 0.2) is 45.5 Å². The summed E-state index contributed by atoms with van der Waals surface area (Å²) < 4.78 is 0. The number of hydrogen-bond acceptors (Lipinski definition) is 5. The van der Waals surface area contributed by atoms with Crippen LogP contribution in [-0.4, -0.2) is 22.0 Å². The number of carbonyl (C=O) groups excluding carboxylic acids is 1. The molecule has 140 valence electrons. The molecule has 4 rings (SSSR count). The standard InChI is InChI=1S/C21H23N3O2S/c1-11-5-7-12(8-6-11)15-16-13(9-21(2,3)10-14(16)25)22-18-17(15)19(26)24-20(23-18)27-4/h5-8,15H,9-10H2,1-4H3,(H2,22,23,24,26). The van der Waals surface area contributed by atoms with Gasteiger partial charge in [-0.3, -0.25) is 9.59 Å². The maximum Gasteiger partial charge on any atom is 0.257 e. The van der Waals surface area contributed by atoms with Crippen molar-refractivity contribution in [1.29, 1.82) is 0 Å². The average molecular weight is 382 g/mol. The molecule has 6 heteroatoms. The van der Waals surface area contributed by atoms with Gasteiger partial charge in [-0.15, -0.1) is 0 Å². The molecule has 27 heavy (non-hydrogen) atoms. The molecule has 1 aromatic carbocycles. The Balaban J connectivity index is 1.97. The second-order valence-corrected chi connectivity index (χ2v) is 8.93. The summed E-state index contributed by atoms with van der Waals surface area (Å²) in [6.45, 7) is 6.23. The van der Waals surface area contributed by atoms with Crippen molar-refractivity contribution in [2.45, 2.75) is 44.7 Å². The molecule has 0 saturated carbocycles. The van der Waals surface area contributed by atoms with E-state index in [-0.39, 0.29) is 22.7 Å². The summed E-state index contributed by atoms with van der Waals surface area (Å²) >= 11 is 1.39. The molecule has 0 bridgehead atoms. The van der Waals surface area contributed by atoms with Crippen molar-refractivity contribution in [1.82, 2.24) is 9.97 Å². The Morgan fingerprint density at radius 1 is 1.15 bits per heavy atom. The monoisotopic (exact) mass is 381 g/mol. The summed E-state index contributed by atoms with van der Waals surface area (Å²) in [5.41, 5.74) is 3.95. The molecule has 2 N–H and O–H groups in total. The molecular formula is C21H23N3O2S. The molecule has 0 saturated heterocycles. The number of anilines is 1. The molecule has 2 aromatic rings. The van der Waals surface area contributed by atoms with Crippen molar-refractivity contribution in [3.05, 3.63) is 62.6 Å². The van der Waals surface area contributed by atoms with E-state index in [0.717, 1.165) is 28.8 Å². The van der Waals surface area contributed by atoms with Gasteiger partial charge in [-0.2, -0.15) is 0 Å². The number of carbonyl (C=O) groups is 1. The van der Waals surface area contributed by atoms with Crippen LogP contribution in [-0.2, 0) is 4.79 Å². The smallest absolute Gasteiger partial charge is 0.257 e. The Bertz CT molecular complexity index is 1020. The van der Waals surface area contributed by atoms with E-state index in [1.54, 1.807) is 0 Å². The van der Waals surface area contributed by atoms with Gasteiger partial charge >= 0.3 is 0 Å². The molecule has 1 aliphatic heterocycles. The van der Waals surface area contributed by atoms with Crippen molar-refractivity contribution in [3.63, 3.8) is 0 Å².